The van der Waals surface area contributed by atoms with Crippen LogP contribution in [0.1, 0.15) is 24.8 Å². The summed E-state index contributed by atoms with van der Waals surface area (Å²) in [5.41, 5.74) is 1.51. The van der Waals surface area contributed by atoms with Crippen LogP contribution in [0.4, 0.5) is 5.69 Å². The van der Waals surface area contributed by atoms with E-state index in [4.69, 9.17) is 9.84 Å². The van der Waals surface area contributed by atoms with E-state index in [2.05, 4.69) is 5.32 Å². The average molecular weight is 235 g/mol. The van der Waals surface area contributed by atoms with Crippen LogP contribution in [0.25, 0.3) is 0 Å². The average Bonchev–Trinajstić information content (AvgIpc) is 2.82. The van der Waals surface area contributed by atoms with Gasteiger partial charge in [0.15, 0.2) is 0 Å². The fourth-order valence-electron chi connectivity index (χ4n) is 1.97. The number of carbonyl (C=O) groups excluding carboxylic acids is 1. The zero-order valence-electron chi connectivity index (χ0n) is 9.69. The van der Waals surface area contributed by atoms with Gasteiger partial charge in [-0.25, -0.2) is 0 Å². The molecule has 0 aliphatic carbocycles. The van der Waals surface area contributed by atoms with Gasteiger partial charge in [0.05, 0.1) is 19.1 Å². The standard InChI is InChI=1S/C13H17NO3/c15-9-10-3-1-4-11(7-10)14-13(16)8-12-5-2-6-17-12/h1,3-4,7,12,15H,2,5-6,8-9H2,(H,14,16). The molecule has 0 saturated carbocycles. The summed E-state index contributed by atoms with van der Waals surface area (Å²) in [7, 11) is 0. The Kier molecular flexibility index (Phi) is 4.12. The van der Waals surface area contributed by atoms with Crippen molar-refractivity contribution in [1.82, 2.24) is 0 Å². The Morgan fingerprint density at radius 3 is 3.12 bits per heavy atom. The molecule has 0 bridgehead atoms. The quantitative estimate of drug-likeness (QED) is 0.834. The highest BCUT2D eigenvalue weighted by atomic mass is 16.5. The lowest BCUT2D eigenvalue weighted by Gasteiger charge is -2.10. The summed E-state index contributed by atoms with van der Waals surface area (Å²) < 4.78 is 5.41. The fraction of sp³-hybridized carbons (Fsp3) is 0.462. The molecule has 4 heteroatoms. The van der Waals surface area contributed by atoms with Gasteiger partial charge in [-0.05, 0) is 30.5 Å². The van der Waals surface area contributed by atoms with Crippen LogP contribution < -0.4 is 5.32 Å². The van der Waals surface area contributed by atoms with E-state index in [9.17, 15) is 4.79 Å². The summed E-state index contributed by atoms with van der Waals surface area (Å²) >= 11 is 0. The highest BCUT2D eigenvalue weighted by Crippen LogP contribution is 2.17. The van der Waals surface area contributed by atoms with Crippen LogP contribution in [0.15, 0.2) is 24.3 Å². The number of benzene rings is 1. The third-order valence-electron chi connectivity index (χ3n) is 2.83. The molecule has 2 N–H and O–H groups in total. The molecule has 1 saturated heterocycles. The molecule has 1 aromatic rings. The van der Waals surface area contributed by atoms with Gasteiger partial charge < -0.3 is 15.2 Å². The van der Waals surface area contributed by atoms with Crippen LogP contribution in [-0.2, 0) is 16.1 Å². The van der Waals surface area contributed by atoms with Crippen molar-refractivity contribution in [3.05, 3.63) is 29.8 Å². The minimum atomic E-state index is -0.0352. The van der Waals surface area contributed by atoms with Crippen LogP contribution in [0, 0.1) is 0 Å². The second kappa shape index (κ2) is 5.80. The van der Waals surface area contributed by atoms with E-state index >= 15 is 0 Å². The van der Waals surface area contributed by atoms with Gasteiger partial charge in [0.1, 0.15) is 0 Å². The van der Waals surface area contributed by atoms with E-state index in [1.807, 2.05) is 18.2 Å². The molecule has 1 aliphatic rings. The molecule has 92 valence electrons. The number of hydrogen-bond donors (Lipinski definition) is 2. The molecule has 1 fully saturated rings. The molecule has 1 amide bonds. The van der Waals surface area contributed by atoms with Crippen LogP contribution in [0.5, 0.6) is 0 Å². The van der Waals surface area contributed by atoms with Crippen molar-refractivity contribution in [2.45, 2.75) is 32.0 Å². The highest BCUT2D eigenvalue weighted by Gasteiger charge is 2.18. The summed E-state index contributed by atoms with van der Waals surface area (Å²) in [4.78, 5) is 11.7. The minimum Gasteiger partial charge on any atom is -0.392 e. The van der Waals surface area contributed by atoms with Crippen LogP contribution in [0.2, 0.25) is 0 Å². The predicted octanol–water partition coefficient (Wildman–Crippen LogP) is 1.69. The van der Waals surface area contributed by atoms with Crippen LogP contribution >= 0.6 is 0 Å². The first kappa shape index (κ1) is 12.1. The third-order valence-corrected chi connectivity index (χ3v) is 2.83. The van der Waals surface area contributed by atoms with Gasteiger partial charge in [0.2, 0.25) is 5.91 Å². The van der Waals surface area contributed by atoms with Crippen molar-refractivity contribution in [3.63, 3.8) is 0 Å². The SMILES string of the molecule is O=C(CC1CCCO1)Nc1cccc(CO)c1. The molecule has 1 unspecified atom stereocenters. The maximum absolute atomic E-state index is 11.7. The molecule has 1 aromatic carbocycles. The van der Waals surface area contributed by atoms with E-state index in [0.717, 1.165) is 30.7 Å². The number of ether oxygens (including phenoxy) is 1. The summed E-state index contributed by atoms with van der Waals surface area (Å²) in [6.45, 7) is 0.743. The Morgan fingerprint density at radius 2 is 2.41 bits per heavy atom. The number of anilines is 1. The van der Waals surface area contributed by atoms with Crippen molar-refractivity contribution in [3.8, 4) is 0 Å². The third kappa shape index (κ3) is 3.54. The van der Waals surface area contributed by atoms with Crippen molar-refractivity contribution in [2.24, 2.45) is 0 Å². The Morgan fingerprint density at radius 1 is 1.53 bits per heavy atom. The van der Waals surface area contributed by atoms with Crippen molar-refractivity contribution >= 4 is 11.6 Å². The van der Waals surface area contributed by atoms with Crippen molar-refractivity contribution < 1.29 is 14.6 Å². The van der Waals surface area contributed by atoms with E-state index in [-0.39, 0.29) is 18.6 Å². The smallest absolute Gasteiger partial charge is 0.226 e. The lowest BCUT2D eigenvalue weighted by molar-refractivity contribution is -0.118. The second-order valence-electron chi connectivity index (χ2n) is 4.25. The molecule has 2 rings (SSSR count). The summed E-state index contributed by atoms with van der Waals surface area (Å²) in [5, 5.41) is 11.8. The van der Waals surface area contributed by atoms with Gasteiger partial charge in [-0.15, -0.1) is 0 Å². The van der Waals surface area contributed by atoms with Gasteiger partial charge in [-0.2, -0.15) is 0 Å². The van der Waals surface area contributed by atoms with Crippen LogP contribution in [-0.4, -0.2) is 23.7 Å². The van der Waals surface area contributed by atoms with E-state index in [1.54, 1.807) is 6.07 Å². The topological polar surface area (TPSA) is 58.6 Å². The first-order valence-corrected chi connectivity index (χ1v) is 5.89. The maximum atomic E-state index is 11.7. The minimum absolute atomic E-state index is 0.0184. The van der Waals surface area contributed by atoms with E-state index < -0.39 is 0 Å². The number of aliphatic hydroxyl groups excluding tert-OH is 1. The number of carbonyl (C=O) groups is 1. The van der Waals surface area contributed by atoms with Gasteiger partial charge >= 0.3 is 0 Å². The molecular weight excluding hydrogens is 218 g/mol. The molecule has 1 heterocycles. The zero-order valence-corrected chi connectivity index (χ0v) is 9.69. The zero-order chi connectivity index (χ0) is 12.1. The summed E-state index contributed by atoms with van der Waals surface area (Å²) in [5.74, 6) is -0.0352. The molecule has 0 spiro atoms. The lowest BCUT2D eigenvalue weighted by Crippen LogP contribution is -2.19. The lowest BCUT2D eigenvalue weighted by atomic mass is 10.1. The largest absolute Gasteiger partial charge is 0.392 e. The summed E-state index contributed by atoms with van der Waals surface area (Å²) in [6.07, 6.45) is 2.47. The van der Waals surface area contributed by atoms with Gasteiger partial charge in [0.25, 0.3) is 0 Å². The Hall–Kier alpha value is -1.39. The number of nitrogens with one attached hydrogen (secondary N) is 1. The van der Waals surface area contributed by atoms with Gasteiger partial charge in [-0.1, -0.05) is 12.1 Å². The fourth-order valence-corrected chi connectivity index (χ4v) is 1.97. The normalized spacial score (nSPS) is 19.2. The Bertz CT molecular complexity index is 386. The molecular formula is C13H17NO3. The highest BCUT2D eigenvalue weighted by molar-refractivity contribution is 5.91. The predicted molar refractivity (Wildman–Crippen MR) is 64.6 cm³/mol. The Labute approximate surface area is 101 Å². The summed E-state index contributed by atoms with van der Waals surface area (Å²) in [6, 6.07) is 7.21. The van der Waals surface area contributed by atoms with Crippen molar-refractivity contribution in [1.29, 1.82) is 0 Å². The van der Waals surface area contributed by atoms with E-state index in [1.165, 1.54) is 0 Å². The molecule has 1 aliphatic heterocycles. The number of rotatable bonds is 4. The molecule has 4 nitrogen and oxygen atoms in total. The van der Waals surface area contributed by atoms with Crippen LogP contribution in [0.3, 0.4) is 0 Å². The number of amides is 1. The second-order valence-corrected chi connectivity index (χ2v) is 4.25. The molecule has 1 atom stereocenters. The maximum Gasteiger partial charge on any atom is 0.226 e. The monoisotopic (exact) mass is 235 g/mol. The number of hydrogen-bond acceptors (Lipinski definition) is 3. The number of aliphatic hydroxyl groups is 1. The molecule has 0 aromatic heterocycles. The first-order valence-electron chi connectivity index (χ1n) is 5.89. The van der Waals surface area contributed by atoms with E-state index in [0.29, 0.717) is 6.42 Å². The Balaban J connectivity index is 1.88. The molecule has 17 heavy (non-hydrogen) atoms. The van der Waals surface area contributed by atoms with Gasteiger partial charge in [-0.3, -0.25) is 4.79 Å². The first-order chi connectivity index (χ1) is 8.28. The van der Waals surface area contributed by atoms with Gasteiger partial charge in [0, 0.05) is 12.3 Å². The molecule has 0 radical (unpaired) electrons. The van der Waals surface area contributed by atoms with Crippen molar-refractivity contribution in [2.75, 3.05) is 11.9 Å².